The van der Waals surface area contributed by atoms with Crippen LogP contribution < -0.4 is 5.32 Å². The Balaban J connectivity index is 1.42. The molecule has 3 heterocycles. The van der Waals surface area contributed by atoms with Gasteiger partial charge in [0.05, 0.1) is 23.1 Å². The highest BCUT2D eigenvalue weighted by Crippen LogP contribution is 2.44. The third-order valence-corrected chi connectivity index (χ3v) is 8.56. The van der Waals surface area contributed by atoms with E-state index in [1.54, 1.807) is 18.2 Å². The van der Waals surface area contributed by atoms with Crippen molar-refractivity contribution in [3.8, 4) is 17.1 Å². The van der Waals surface area contributed by atoms with E-state index in [1.807, 2.05) is 0 Å². The third kappa shape index (κ3) is 5.65. The van der Waals surface area contributed by atoms with Crippen molar-refractivity contribution in [2.75, 3.05) is 24.7 Å². The minimum absolute atomic E-state index is 0.00654. The summed E-state index contributed by atoms with van der Waals surface area (Å²) in [5, 5.41) is 13.9. The molecule has 0 bridgehead atoms. The van der Waals surface area contributed by atoms with Gasteiger partial charge in [0.1, 0.15) is 23.3 Å². The zero-order chi connectivity index (χ0) is 27.2. The van der Waals surface area contributed by atoms with Crippen LogP contribution in [-0.2, 0) is 16.2 Å². The van der Waals surface area contributed by atoms with Crippen molar-refractivity contribution in [2.45, 2.75) is 44.0 Å². The molecular weight excluding hydrogens is 545 g/mol. The number of aliphatic hydroxyl groups excluding tert-OH is 1. The fourth-order valence-electron chi connectivity index (χ4n) is 4.58. The van der Waals surface area contributed by atoms with Crippen LogP contribution in [0.3, 0.4) is 0 Å². The maximum absolute atomic E-state index is 13.9. The quantitative estimate of drug-likeness (QED) is 0.436. The second-order valence-corrected chi connectivity index (χ2v) is 12.0. The SMILES string of the molecule is CS(=O)(=O)N1CCC(Nc2ncc(C(F)(F)F)c(-c3cn(-c4cccc(C(O)C5CC5)c4Cl)cn3)n2)CC1. The molecule has 5 rings (SSSR count). The summed E-state index contributed by atoms with van der Waals surface area (Å²) in [6.45, 7) is 0.591. The maximum Gasteiger partial charge on any atom is 0.420 e. The van der Waals surface area contributed by atoms with Crippen LogP contribution in [0.15, 0.2) is 36.9 Å². The van der Waals surface area contributed by atoms with Crippen molar-refractivity contribution < 1.29 is 26.7 Å². The number of benzene rings is 1. The number of piperidine rings is 1. The number of alkyl halides is 3. The van der Waals surface area contributed by atoms with Gasteiger partial charge in [-0.05, 0) is 37.7 Å². The van der Waals surface area contributed by atoms with E-state index < -0.39 is 33.6 Å². The van der Waals surface area contributed by atoms with Gasteiger partial charge in [-0.15, -0.1) is 0 Å². The van der Waals surface area contributed by atoms with E-state index in [4.69, 9.17) is 11.6 Å². The number of hydrogen-bond acceptors (Lipinski definition) is 7. The number of aromatic nitrogens is 4. The average Bonchev–Trinajstić information content (AvgIpc) is 3.59. The smallest absolute Gasteiger partial charge is 0.388 e. The van der Waals surface area contributed by atoms with Crippen molar-refractivity contribution in [1.29, 1.82) is 0 Å². The van der Waals surface area contributed by atoms with Crippen LogP contribution in [0.25, 0.3) is 17.1 Å². The summed E-state index contributed by atoms with van der Waals surface area (Å²) in [6, 6.07) is 4.95. The minimum atomic E-state index is -4.72. The second kappa shape index (κ2) is 10.1. The molecule has 2 N–H and O–H groups in total. The fraction of sp³-hybridized carbons (Fsp3) is 0.458. The summed E-state index contributed by atoms with van der Waals surface area (Å²) in [5.41, 5.74) is -0.426. The first-order valence-electron chi connectivity index (χ1n) is 12.1. The van der Waals surface area contributed by atoms with E-state index in [2.05, 4.69) is 20.3 Å². The minimum Gasteiger partial charge on any atom is -0.388 e. The van der Waals surface area contributed by atoms with Crippen molar-refractivity contribution in [3.05, 3.63) is 53.1 Å². The Hall–Kier alpha value is -2.74. The van der Waals surface area contributed by atoms with Gasteiger partial charge >= 0.3 is 6.18 Å². The number of anilines is 1. The van der Waals surface area contributed by atoms with Gasteiger partial charge < -0.3 is 15.0 Å². The largest absolute Gasteiger partial charge is 0.420 e. The van der Waals surface area contributed by atoms with Crippen LogP contribution in [0.4, 0.5) is 19.1 Å². The molecule has 0 amide bonds. The molecule has 3 aromatic rings. The van der Waals surface area contributed by atoms with Gasteiger partial charge in [-0.25, -0.2) is 27.7 Å². The molecule has 38 heavy (non-hydrogen) atoms. The van der Waals surface area contributed by atoms with E-state index in [1.165, 1.54) is 21.4 Å². The maximum atomic E-state index is 13.9. The van der Waals surface area contributed by atoms with Crippen molar-refractivity contribution in [3.63, 3.8) is 0 Å². The zero-order valence-electron chi connectivity index (χ0n) is 20.4. The number of aliphatic hydroxyl groups is 1. The van der Waals surface area contributed by atoms with E-state index in [9.17, 15) is 26.7 Å². The van der Waals surface area contributed by atoms with E-state index in [-0.39, 0.29) is 23.6 Å². The predicted molar refractivity (Wildman–Crippen MR) is 135 cm³/mol. The number of imidazole rings is 1. The summed E-state index contributed by atoms with van der Waals surface area (Å²) < 4.78 is 67.9. The fourth-order valence-corrected chi connectivity index (χ4v) is 5.79. The van der Waals surface area contributed by atoms with Gasteiger partial charge in [0.15, 0.2) is 0 Å². The lowest BCUT2D eigenvalue weighted by Gasteiger charge is -2.30. The molecule has 0 spiro atoms. The van der Waals surface area contributed by atoms with Crippen LogP contribution in [-0.4, -0.2) is 62.7 Å². The highest BCUT2D eigenvalue weighted by molar-refractivity contribution is 7.88. The van der Waals surface area contributed by atoms with Gasteiger partial charge in [0, 0.05) is 37.1 Å². The van der Waals surface area contributed by atoms with Gasteiger partial charge in [-0.3, -0.25) is 0 Å². The highest BCUT2D eigenvalue weighted by atomic mass is 35.5. The number of nitrogens with zero attached hydrogens (tertiary/aromatic N) is 5. The molecule has 1 saturated carbocycles. The standard InChI is InChI=1S/C24H26ClF3N6O3S/c1-38(36,37)34-9-7-15(8-10-34)31-23-29-11-17(24(26,27)28)21(32-23)18-12-33(13-30-18)19-4-2-3-16(20(19)25)22(35)14-5-6-14/h2-4,11-15,22,35H,5-10H2,1H3,(H,29,31,32). The lowest BCUT2D eigenvalue weighted by Crippen LogP contribution is -2.42. The van der Waals surface area contributed by atoms with Crippen LogP contribution in [0, 0.1) is 5.92 Å². The summed E-state index contributed by atoms with van der Waals surface area (Å²) in [6.07, 6.45) is 1.94. The average molecular weight is 571 g/mol. The Morgan fingerprint density at radius 1 is 1.16 bits per heavy atom. The van der Waals surface area contributed by atoms with Gasteiger partial charge in [0.25, 0.3) is 0 Å². The third-order valence-electron chi connectivity index (χ3n) is 6.85. The van der Waals surface area contributed by atoms with E-state index in [0.717, 1.165) is 25.3 Å². The van der Waals surface area contributed by atoms with Crippen LogP contribution >= 0.6 is 11.6 Å². The van der Waals surface area contributed by atoms with Crippen LogP contribution in [0.1, 0.15) is 42.9 Å². The molecule has 14 heteroatoms. The molecule has 9 nitrogen and oxygen atoms in total. The molecular formula is C24H26ClF3N6O3S. The predicted octanol–water partition coefficient (Wildman–Crippen LogP) is 4.28. The number of nitrogens with one attached hydrogen (secondary N) is 1. The van der Waals surface area contributed by atoms with Crippen LogP contribution in [0.5, 0.6) is 0 Å². The number of rotatable bonds is 7. The Kier molecular flexibility index (Phi) is 7.14. The Morgan fingerprint density at radius 2 is 1.87 bits per heavy atom. The first kappa shape index (κ1) is 26.9. The van der Waals surface area contributed by atoms with Crippen molar-refractivity contribution in [1.82, 2.24) is 23.8 Å². The number of sulfonamides is 1. The molecule has 0 radical (unpaired) electrons. The molecule has 1 unspecified atom stereocenters. The van der Waals surface area contributed by atoms with Gasteiger partial charge in [0.2, 0.25) is 16.0 Å². The summed E-state index contributed by atoms with van der Waals surface area (Å²) >= 11 is 6.58. The second-order valence-electron chi connectivity index (χ2n) is 9.66. The summed E-state index contributed by atoms with van der Waals surface area (Å²) in [5.74, 6) is 0.147. The number of halogens is 4. The zero-order valence-corrected chi connectivity index (χ0v) is 21.9. The summed E-state index contributed by atoms with van der Waals surface area (Å²) in [4.78, 5) is 12.2. The first-order chi connectivity index (χ1) is 17.9. The Morgan fingerprint density at radius 3 is 2.50 bits per heavy atom. The highest BCUT2D eigenvalue weighted by Gasteiger charge is 2.37. The lowest BCUT2D eigenvalue weighted by atomic mass is 10.0. The first-order valence-corrected chi connectivity index (χ1v) is 14.3. The van der Waals surface area contributed by atoms with Crippen LogP contribution in [0.2, 0.25) is 5.02 Å². The molecule has 1 saturated heterocycles. The molecule has 1 aromatic carbocycles. The molecule has 2 aromatic heterocycles. The topological polar surface area (TPSA) is 113 Å². The van der Waals surface area contributed by atoms with E-state index in [0.29, 0.717) is 42.2 Å². The van der Waals surface area contributed by atoms with Gasteiger partial charge in [-0.1, -0.05) is 23.7 Å². The molecule has 1 aliphatic heterocycles. The van der Waals surface area contributed by atoms with E-state index >= 15 is 0 Å². The van der Waals surface area contributed by atoms with Gasteiger partial charge in [-0.2, -0.15) is 13.2 Å². The molecule has 204 valence electrons. The van der Waals surface area contributed by atoms with Crippen molar-refractivity contribution in [2.24, 2.45) is 5.92 Å². The normalized spacial score (nSPS) is 18.5. The Labute approximate surface area is 222 Å². The van der Waals surface area contributed by atoms with Crippen molar-refractivity contribution >= 4 is 27.6 Å². The molecule has 2 fully saturated rings. The molecule has 1 aliphatic carbocycles. The summed E-state index contributed by atoms with van der Waals surface area (Å²) in [7, 11) is -3.30. The molecule has 1 atom stereocenters. The molecule has 2 aliphatic rings. The lowest BCUT2D eigenvalue weighted by molar-refractivity contribution is -0.137. The Bertz CT molecular complexity index is 1440. The monoisotopic (exact) mass is 570 g/mol. The number of hydrogen-bond donors (Lipinski definition) is 2.